The van der Waals surface area contributed by atoms with Crippen LogP contribution in [0.3, 0.4) is 0 Å². The number of halogens is 1. The molecule has 0 saturated carbocycles. The lowest BCUT2D eigenvalue weighted by atomic mass is 9.98. The molecule has 2 rings (SSSR count). The van der Waals surface area contributed by atoms with Crippen molar-refractivity contribution >= 4 is 15.9 Å². The van der Waals surface area contributed by atoms with Gasteiger partial charge in [0.1, 0.15) is 5.75 Å². The first-order chi connectivity index (χ1) is 9.63. The van der Waals surface area contributed by atoms with Crippen molar-refractivity contribution in [1.29, 1.82) is 0 Å². The fourth-order valence-electron chi connectivity index (χ4n) is 2.14. The molecule has 0 fully saturated rings. The van der Waals surface area contributed by atoms with Crippen molar-refractivity contribution in [2.24, 2.45) is 5.84 Å². The van der Waals surface area contributed by atoms with Gasteiger partial charge in [-0.05, 0) is 52.5 Å². The van der Waals surface area contributed by atoms with Crippen molar-refractivity contribution in [3.05, 3.63) is 63.6 Å². The van der Waals surface area contributed by atoms with E-state index in [1.807, 2.05) is 6.07 Å². The first-order valence-corrected chi connectivity index (χ1v) is 7.28. The summed E-state index contributed by atoms with van der Waals surface area (Å²) in [7, 11) is 1.66. The van der Waals surface area contributed by atoms with E-state index >= 15 is 0 Å². The summed E-state index contributed by atoms with van der Waals surface area (Å²) in [4.78, 5) is 0. The molecule has 0 saturated heterocycles. The Balaban J connectivity index is 2.17. The Morgan fingerprint density at radius 1 is 1.20 bits per heavy atom. The zero-order valence-corrected chi connectivity index (χ0v) is 13.3. The Kier molecular flexibility index (Phi) is 5.17. The fourth-order valence-corrected chi connectivity index (χ4v) is 2.73. The van der Waals surface area contributed by atoms with Gasteiger partial charge in [-0.25, -0.2) is 0 Å². The minimum absolute atomic E-state index is 0.0934. The summed E-state index contributed by atoms with van der Waals surface area (Å²) in [6.45, 7) is 2.08. The molecular weight excluding hydrogens is 316 g/mol. The van der Waals surface area contributed by atoms with E-state index in [0.29, 0.717) is 0 Å². The van der Waals surface area contributed by atoms with Gasteiger partial charge in [0.05, 0.1) is 11.6 Å². The number of rotatable bonds is 5. The molecule has 2 aromatic rings. The quantitative estimate of drug-likeness (QED) is 0.649. The summed E-state index contributed by atoms with van der Waals surface area (Å²) in [6, 6.07) is 14.6. The third kappa shape index (κ3) is 3.60. The first-order valence-electron chi connectivity index (χ1n) is 6.49. The molecule has 0 aliphatic rings. The van der Waals surface area contributed by atoms with E-state index in [2.05, 4.69) is 64.7 Å². The molecule has 106 valence electrons. The molecule has 0 radical (unpaired) electrons. The summed E-state index contributed by atoms with van der Waals surface area (Å²) in [5.41, 5.74) is 6.52. The maximum atomic E-state index is 5.70. The zero-order valence-electron chi connectivity index (χ0n) is 11.7. The largest absolute Gasteiger partial charge is 0.496 e. The number of nitrogens with two attached hydrogens (primary N) is 1. The van der Waals surface area contributed by atoms with E-state index in [-0.39, 0.29) is 6.04 Å². The Bertz CT molecular complexity index is 569. The normalized spacial score (nSPS) is 12.2. The second-order valence-corrected chi connectivity index (χ2v) is 5.66. The third-order valence-corrected chi connectivity index (χ3v) is 3.96. The standard InChI is InChI=1S/C16H19BrN2O/c1-11-3-6-13(7-4-11)15(19-18)10-12-5-8-16(20-2)14(17)9-12/h3-9,15,19H,10,18H2,1-2H3. The number of ether oxygens (including phenoxy) is 1. The van der Waals surface area contributed by atoms with Crippen molar-refractivity contribution in [2.75, 3.05) is 7.11 Å². The Morgan fingerprint density at radius 2 is 1.90 bits per heavy atom. The van der Waals surface area contributed by atoms with Gasteiger partial charge in [0.25, 0.3) is 0 Å². The van der Waals surface area contributed by atoms with Crippen molar-refractivity contribution in [1.82, 2.24) is 5.43 Å². The van der Waals surface area contributed by atoms with Crippen LogP contribution in [0.25, 0.3) is 0 Å². The number of nitrogens with one attached hydrogen (secondary N) is 1. The van der Waals surface area contributed by atoms with Gasteiger partial charge in [0.15, 0.2) is 0 Å². The minimum atomic E-state index is 0.0934. The van der Waals surface area contributed by atoms with Gasteiger partial charge in [0, 0.05) is 6.04 Å². The number of aryl methyl sites for hydroxylation is 1. The van der Waals surface area contributed by atoms with E-state index in [4.69, 9.17) is 10.6 Å². The van der Waals surface area contributed by atoms with E-state index < -0.39 is 0 Å². The highest BCUT2D eigenvalue weighted by Crippen LogP contribution is 2.27. The highest BCUT2D eigenvalue weighted by atomic mass is 79.9. The molecular formula is C16H19BrN2O. The fraction of sp³-hybridized carbons (Fsp3) is 0.250. The Morgan fingerprint density at radius 3 is 2.45 bits per heavy atom. The smallest absolute Gasteiger partial charge is 0.133 e. The summed E-state index contributed by atoms with van der Waals surface area (Å²) in [5.74, 6) is 6.53. The molecule has 0 heterocycles. The first kappa shape index (κ1) is 15.0. The molecule has 0 aliphatic carbocycles. The van der Waals surface area contributed by atoms with Crippen LogP contribution in [0.4, 0.5) is 0 Å². The van der Waals surface area contributed by atoms with Gasteiger partial charge in [-0.15, -0.1) is 0 Å². The number of benzene rings is 2. The lowest BCUT2D eigenvalue weighted by molar-refractivity contribution is 0.412. The van der Waals surface area contributed by atoms with Gasteiger partial charge in [-0.1, -0.05) is 35.9 Å². The van der Waals surface area contributed by atoms with E-state index in [0.717, 1.165) is 16.6 Å². The molecule has 1 atom stereocenters. The van der Waals surface area contributed by atoms with Gasteiger partial charge in [0.2, 0.25) is 0 Å². The van der Waals surface area contributed by atoms with Crippen LogP contribution < -0.4 is 16.0 Å². The van der Waals surface area contributed by atoms with E-state index in [1.165, 1.54) is 16.7 Å². The van der Waals surface area contributed by atoms with Crippen LogP contribution in [0.1, 0.15) is 22.7 Å². The molecule has 1 unspecified atom stereocenters. The summed E-state index contributed by atoms with van der Waals surface area (Å²) < 4.78 is 6.20. The molecule has 0 aliphatic heterocycles. The van der Waals surface area contributed by atoms with E-state index in [1.54, 1.807) is 7.11 Å². The van der Waals surface area contributed by atoms with Gasteiger partial charge < -0.3 is 4.74 Å². The maximum Gasteiger partial charge on any atom is 0.133 e. The summed E-state index contributed by atoms with van der Waals surface area (Å²) in [6.07, 6.45) is 0.822. The van der Waals surface area contributed by atoms with Crippen molar-refractivity contribution in [3.63, 3.8) is 0 Å². The molecule has 3 nitrogen and oxygen atoms in total. The molecule has 2 aromatic carbocycles. The van der Waals surface area contributed by atoms with Gasteiger partial charge in [-0.3, -0.25) is 11.3 Å². The predicted molar refractivity (Wildman–Crippen MR) is 85.6 cm³/mol. The minimum Gasteiger partial charge on any atom is -0.496 e. The maximum absolute atomic E-state index is 5.70. The molecule has 0 spiro atoms. The Labute approximate surface area is 128 Å². The summed E-state index contributed by atoms with van der Waals surface area (Å²) in [5, 5.41) is 0. The third-order valence-electron chi connectivity index (χ3n) is 3.34. The zero-order chi connectivity index (χ0) is 14.5. The molecule has 0 bridgehead atoms. The second kappa shape index (κ2) is 6.88. The van der Waals surface area contributed by atoms with Crippen LogP contribution in [0.15, 0.2) is 46.9 Å². The second-order valence-electron chi connectivity index (χ2n) is 4.80. The van der Waals surface area contributed by atoms with Crippen LogP contribution >= 0.6 is 15.9 Å². The number of hydrogen-bond donors (Lipinski definition) is 2. The lowest BCUT2D eigenvalue weighted by Gasteiger charge is -2.17. The molecule has 3 N–H and O–H groups in total. The molecule has 0 aromatic heterocycles. The lowest BCUT2D eigenvalue weighted by Crippen LogP contribution is -2.29. The molecule has 4 heteroatoms. The van der Waals surface area contributed by atoms with Gasteiger partial charge >= 0.3 is 0 Å². The number of hydrazine groups is 1. The van der Waals surface area contributed by atoms with Crippen molar-refractivity contribution < 1.29 is 4.74 Å². The summed E-state index contributed by atoms with van der Waals surface area (Å²) >= 11 is 3.51. The topological polar surface area (TPSA) is 47.3 Å². The van der Waals surface area contributed by atoms with Crippen LogP contribution in [0, 0.1) is 6.92 Å². The average molecular weight is 335 g/mol. The van der Waals surface area contributed by atoms with Crippen LogP contribution in [0.5, 0.6) is 5.75 Å². The monoisotopic (exact) mass is 334 g/mol. The number of methoxy groups -OCH3 is 1. The Hall–Kier alpha value is -1.36. The average Bonchev–Trinajstić information content (AvgIpc) is 2.46. The molecule has 0 amide bonds. The highest BCUT2D eigenvalue weighted by molar-refractivity contribution is 9.10. The van der Waals surface area contributed by atoms with Gasteiger partial charge in [-0.2, -0.15) is 0 Å². The van der Waals surface area contributed by atoms with Crippen LogP contribution in [-0.2, 0) is 6.42 Å². The van der Waals surface area contributed by atoms with E-state index in [9.17, 15) is 0 Å². The van der Waals surface area contributed by atoms with Crippen molar-refractivity contribution in [3.8, 4) is 5.75 Å². The van der Waals surface area contributed by atoms with Crippen LogP contribution in [-0.4, -0.2) is 7.11 Å². The van der Waals surface area contributed by atoms with Crippen molar-refractivity contribution in [2.45, 2.75) is 19.4 Å². The van der Waals surface area contributed by atoms with Crippen LogP contribution in [0.2, 0.25) is 0 Å². The predicted octanol–water partition coefficient (Wildman–Crippen LogP) is 3.51. The highest BCUT2D eigenvalue weighted by Gasteiger charge is 2.11. The molecule has 20 heavy (non-hydrogen) atoms. The SMILES string of the molecule is COc1ccc(CC(NN)c2ccc(C)cc2)cc1Br. The number of hydrogen-bond acceptors (Lipinski definition) is 3.